The number of benzene rings is 3. The molecule has 1 saturated heterocycles. The number of carbonyl (C=O) groups excluding carboxylic acids is 1. The number of rotatable bonds is 4. The number of nitrogens with zero attached hydrogens (tertiary/aromatic N) is 4. The molecule has 5 rings (SSSR count). The molecular weight excluding hydrogens is 409 g/mol. The van der Waals surface area contributed by atoms with Gasteiger partial charge in [0.15, 0.2) is 0 Å². The van der Waals surface area contributed by atoms with Crippen LogP contribution in [0.25, 0.3) is 11.0 Å². The molecule has 7 nitrogen and oxygen atoms in total. The second-order valence-electron chi connectivity index (χ2n) is 7.90. The van der Waals surface area contributed by atoms with E-state index in [9.17, 15) is 9.18 Å². The van der Waals surface area contributed by atoms with E-state index in [-0.39, 0.29) is 11.7 Å². The predicted octanol–water partition coefficient (Wildman–Crippen LogP) is 4.25. The lowest BCUT2D eigenvalue weighted by atomic mass is 10.1. The van der Waals surface area contributed by atoms with Gasteiger partial charge in [0.2, 0.25) is 0 Å². The molecule has 32 heavy (non-hydrogen) atoms. The van der Waals surface area contributed by atoms with Crippen molar-refractivity contribution in [3.05, 3.63) is 77.6 Å². The molecule has 1 fully saturated rings. The van der Waals surface area contributed by atoms with Crippen molar-refractivity contribution in [1.29, 1.82) is 0 Å². The number of aryl methyl sites for hydroxylation is 1. The largest absolute Gasteiger partial charge is 0.368 e. The molecule has 0 aliphatic carbocycles. The van der Waals surface area contributed by atoms with E-state index in [0.29, 0.717) is 28.0 Å². The summed E-state index contributed by atoms with van der Waals surface area (Å²) >= 11 is 0. The number of fused-ring (bicyclic) bond motifs is 1. The molecule has 4 aromatic rings. The Kier molecular flexibility index (Phi) is 5.18. The summed E-state index contributed by atoms with van der Waals surface area (Å²) in [7, 11) is 0. The van der Waals surface area contributed by atoms with Crippen LogP contribution < -0.4 is 15.1 Å². The van der Waals surface area contributed by atoms with E-state index < -0.39 is 0 Å². The van der Waals surface area contributed by atoms with Gasteiger partial charge >= 0.3 is 0 Å². The Morgan fingerprint density at radius 1 is 0.906 bits per heavy atom. The van der Waals surface area contributed by atoms with Gasteiger partial charge in [0, 0.05) is 43.1 Å². The van der Waals surface area contributed by atoms with Crippen LogP contribution in [0, 0.1) is 12.7 Å². The number of aromatic nitrogens is 2. The lowest BCUT2D eigenvalue weighted by Crippen LogP contribution is -2.46. The SMILES string of the molecule is Cc1ccc(N2CCN(c3ccc(NC(=O)c4ccc5nonc5c4)cc3F)CC2)cc1. The third-order valence-corrected chi connectivity index (χ3v) is 5.74. The molecule has 0 atom stereocenters. The van der Waals surface area contributed by atoms with Crippen LogP contribution in [-0.2, 0) is 0 Å². The van der Waals surface area contributed by atoms with Crippen molar-refractivity contribution in [3.8, 4) is 0 Å². The van der Waals surface area contributed by atoms with Gasteiger partial charge in [-0.3, -0.25) is 4.79 Å². The quantitative estimate of drug-likeness (QED) is 0.521. The number of hydrogen-bond donors (Lipinski definition) is 1. The number of carbonyl (C=O) groups is 1. The molecule has 1 aliphatic heterocycles. The molecule has 3 aromatic carbocycles. The van der Waals surface area contributed by atoms with Gasteiger partial charge in [0.05, 0.1) is 5.69 Å². The Bertz CT molecular complexity index is 1260. The summed E-state index contributed by atoms with van der Waals surface area (Å²) in [5.74, 6) is -0.712. The van der Waals surface area contributed by atoms with Gasteiger partial charge in [-0.1, -0.05) is 17.7 Å². The van der Waals surface area contributed by atoms with Gasteiger partial charge in [-0.05, 0) is 65.8 Å². The van der Waals surface area contributed by atoms with E-state index in [1.54, 1.807) is 30.3 Å². The van der Waals surface area contributed by atoms with Crippen LogP contribution in [0.5, 0.6) is 0 Å². The van der Waals surface area contributed by atoms with Crippen molar-refractivity contribution in [3.63, 3.8) is 0 Å². The van der Waals surface area contributed by atoms with E-state index in [1.165, 1.54) is 17.3 Å². The van der Waals surface area contributed by atoms with Crippen LogP contribution in [0.3, 0.4) is 0 Å². The Balaban J connectivity index is 1.24. The predicted molar refractivity (Wildman–Crippen MR) is 122 cm³/mol. The van der Waals surface area contributed by atoms with Crippen molar-refractivity contribution in [1.82, 2.24) is 10.3 Å². The topological polar surface area (TPSA) is 74.5 Å². The number of piperazine rings is 1. The molecule has 1 N–H and O–H groups in total. The van der Waals surface area contributed by atoms with Crippen molar-refractivity contribution < 1.29 is 13.8 Å². The molecule has 1 aliphatic rings. The Hall–Kier alpha value is -3.94. The fourth-order valence-corrected chi connectivity index (χ4v) is 3.93. The van der Waals surface area contributed by atoms with Crippen molar-refractivity contribution >= 4 is 34.0 Å². The molecule has 0 bridgehead atoms. The average molecular weight is 431 g/mol. The first kappa shape index (κ1) is 20.0. The fraction of sp³-hybridized carbons (Fsp3) is 0.208. The van der Waals surface area contributed by atoms with E-state index in [0.717, 1.165) is 26.2 Å². The lowest BCUT2D eigenvalue weighted by Gasteiger charge is -2.37. The first-order chi connectivity index (χ1) is 15.6. The highest BCUT2D eigenvalue weighted by atomic mass is 19.1. The van der Waals surface area contributed by atoms with E-state index in [4.69, 9.17) is 0 Å². The summed E-state index contributed by atoms with van der Waals surface area (Å²) in [5, 5.41) is 10.2. The molecule has 2 heterocycles. The highest BCUT2D eigenvalue weighted by molar-refractivity contribution is 6.05. The number of anilines is 3. The van der Waals surface area contributed by atoms with Gasteiger partial charge in [-0.25, -0.2) is 9.02 Å². The fourth-order valence-electron chi connectivity index (χ4n) is 3.93. The molecule has 162 valence electrons. The smallest absolute Gasteiger partial charge is 0.255 e. The first-order valence-corrected chi connectivity index (χ1v) is 10.5. The van der Waals surface area contributed by atoms with Gasteiger partial charge < -0.3 is 15.1 Å². The summed E-state index contributed by atoms with van der Waals surface area (Å²) in [5.41, 5.74) is 4.81. The first-order valence-electron chi connectivity index (χ1n) is 10.5. The Labute approximate surface area is 184 Å². The minimum atomic E-state index is -0.359. The van der Waals surface area contributed by atoms with Crippen LogP contribution >= 0.6 is 0 Å². The second-order valence-corrected chi connectivity index (χ2v) is 7.90. The van der Waals surface area contributed by atoms with Gasteiger partial charge in [0.1, 0.15) is 16.9 Å². The molecule has 1 aromatic heterocycles. The second kappa shape index (κ2) is 8.30. The average Bonchev–Trinajstić information content (AvgIpc) is 3.28. The van der Waals surface area contributed by atoms with Crippen molar-refractivity contribution in [2.45, 2.75) is 6.92 Å². The van der Waals surface area contributed by atoms with Crippen LogP contribution in [0.4, 0.5) is 21.5 Å². The number of hydrogen-bond acceptors (Lipinski definition) is 6. The normalized spacial score (nSPS) is 14.1. The third-order valence-electron chi connectivity index (χ3n) is 5.74. The maximum Gasteiger partial charge on any atom is 0.255 e. The van der Waals surface area contributed by atoms with Crippen LogP contribution in [0.1, 0.15) is 15.9 Å². The third kappa shape index (κ3) is 3.99. The highest BCUT2D eigenvalue weighted by Gasteiger charge is 2.20. The molecule has 0 unspecified atom stereocenters. The minimum absolute atomic E-state index is 0.353. The van der Waals surface area contributed by atoms with E-state index in [1.807, 2.05) is 4.90 Å². The van der Waals surface area contributed by atoms with Gasteiger partial charge in [-0.15, -0.1) is 0 Å². The van der Waals surface area contributed by atoms with Crippen LogP contribution in [-0.4, -0.2) is 42.4 Å². The van der Waals surface area contributed by atoms with E-state index in [2.05, 4.69) is 56.3 Å². The maximum atomic E-state index is 14.9. The number of halogens is 1. The monoisotopic (exact) mass is 431 g/mol. The van der Waals surface area contributed by atoms with Gasteiger partial charge in [-0.2, -0.15) is 0 Å². The summed E-state index contributed by atoms with van der Waals surface area (Å²) < 4.78 is 19.5. The summed E-state index contributed by atoms with van der Waals surface area (Å²) in [6, 6.07) is 18.1. The summed E-state index contributed by atoms with van der Waals surface area (Å²) in [4.78, 5) is 16.9. The molecule has 0 radical (unpaired) electrons. The minimum Gasteiger partial charge on any atom is -0.368 e. The van der Waals surface area contributed by atoms with E-state index >= 15 is 0 Å². The number of nitrogens with one attached hydrogen (secondary N) is 1. The van der Waals surface area contributed by atoms with Gasteiger partial charge in [0.25, 0.3) is 5.91 Å². The molecule has 0 spiro atoms. The zero-order valence-electron chi connectivity index (χ0n) is 17.6. The zero-order valence-corrected chi connectivity index (χ0v) is 17.6. The molecule has 1 amide bonds. The molecule has 0 saturated carbocycles. The zero-order chi connectivity index (χ0) is 22.1. The summed E-state index contributed by atoms with van der Waals surface area (Å²) in [6.45, 7) is 5.16. The summed E-state index contributed by atoms with van der Waals surface area (Å²) in [6.07, 6.45) is 0. The highest BCUT2D eigenvalue weighted by Crippen LogP contribution is 2.26. The lowest BCUT2D eigenvalue weighted by molar-refractivity contribution is 0.102. The Morgan fingerprint density at radius 3 is 2.38 bits per heavy atom. The number of amides is 1. The maximum absolute atomic E-state index is 14.9. The van der Waals surface area contributed by atoms with Crippen LogP contribution in [0.15, 0.2) is 65.3 Å². The van der Waals surface area contributed by atoms with Crippen LogP contribution in [0.2, 0.25) is 0 Å². The molecular formula is C24H22FN5O2. The van der Waals surface area contributed by atoms with Crippen molar-refractivity contribution in [2.24, 2.45) is 0 Å². The standard InChI is InChI=1S/C24H22FN5O2/c1-16-2-6-19(7-3-16)29-10-12-30(13-11-29)23-9-5-18(15-20(23)25)26-24(31)17-4-8-21-22(14-17)28-32-27-21/h2-9,14-15H,10-13H2,1H3,(H,26,31). The Morgan fingerprint density at radius 2 is 1.62 bits per heavy atom. The molecule has 8 heteroatoms. The van der Waals surface area contributed by atoms with Crippen molar-refractivity contribution in [2.75, 3.05) is 41.3 Å².